The van der Waals surface area contributed by atoms with E-state index in [-0.39, 0.29) is 18.2 Å². The van der Waals surface area contributed by atoms with Gasteiger partial charge in [-0.25, -0.2) is 0 Å². The van der Waals surface area contributed by atoms with Gasteiger partial charge in [0.2, 0.25) is 0 Å². The summed E-state index contributed by atoms with van der Waals surface area (Å²) < 4.78 is 4.94. The van der Waals surface area contributed by atoms with E-state index in [0.717, 1.165) is 0 Å². The first-order valence-electron chi connectivity index (χ1n) is 5.52. The number of anilines is 1. The number of benzene rings is 1. The first-order valence-corrected chi connectivity index (χ1v) is 5.52. The second-order valence-electron chi connectivity index (χ2n) is 3.87. The van der Waals surface area contributed by atoms with Crippen LogP contribution in [-0.2, 0) is 0 Å². The Kier molecular flexibility index (Phi) is 3.64. The van der Waals surface area contributed by atoms with Gasteiger partial charge in [0.25, 0.3) is 5.91 Å². The zero-order valence-corrected chi connectivity index (χ0v) is 9.67. The van der Waals surface area contributed by atoms with Gasteiger partial charge in [0.1, 0.15) is 0 Å². The van der Waals surface area contributed by atoms with Gasteiger partial charge in [-0.2, -0.15) is 0 Å². The van der Waals surface area contributed by atoms with Gasteiger partial charge in [0.15, 0.2) is 5.76 Å². The molecule has 1 aromatic carbocycles. The summed E-state index contributed by atoms with van der Waals surface area (Å²) in [5, 5.41) is 12.5. The molecule has 1 atom stereocenters. The van der Waals surface area contributed by atoms with E-state index in [2.05, 4.69) is 5.32 Å². The average molecular weight is 246 g/mol. The Morgan fingerprint density at radius 2 is 2.06 bits per heavy atom. The predicted molar refractivity (Wildman–Crippen MR) is 66.9 cm³/mol. The highest BCUT2D eigenvalue weighted by molar-refractivity contribution is 5.91. The number of rotatable bonds is 4. The van der Waals surface area contributed by atoms with Gasteiger partial charge >= 0.3 is 0 Å². The molecule has 0 saturated carbocycles. The summed E-state index contributed by atoms with van der Waals surface area (Å²) in [4.78, 5) is 11.6. The Hall–Kier alpha value is -2.27. The van der Waals surface area contributed by atoms with Crippen molar-refractivity contribution < 1.29 is 14.3 Å². The van der Waals surface area contributed by atoms with Crippen molar-refractivity contribution in [2.24, 2.45) is 0 Å². The van der Waals surface area contributed by atoms with Crippen LogP contribution in [0.1, 0.15) is 22.2 Å². The molecule has 1 amide bonds. The van der Waals surface area contributed by atoms with Crippen LogP contribution in [0.5, 0.6) is 0 Å². The zero-order chi connectivity index (χ0) is 13.0. The average Bonchev–Trinajstić information content (AvgIpc) is 2.90. The Morgan fingerprint density at radius 3 is 2.67 bits per heavy atom. The summed E-state index contributed by atoms with van der Waals surface area (Å²) in [5.41, 5.74) is 6.88. The summed E-state index contributed by atoms with van der Waals surface area (Å²) in [5.74, 6) is -0.131. The van der Waals surface area contributed by atoms with E-state index in [9.17, 15) is 9.90 Å². The van der Waals surface area contributed by atoms with Gasteiger partial charge in [-0.1, -0.05) is 12.1 Å². The number of hydrogen-bond donors (Lipinski definition) is 3. The van der Waals surface area contributed by atoms with Gasteiger partial charge in [0, 0.05) is 12.2 Å². The predicted octanol–water partition coefficient (Wildman–Crippen LogP) is 1.33. The number of carbonyl (C=O) groups excluding carboxylic acids is 1. The first-order chi connectivity index (χ1) is 8.66. The molecule has 2 aromatic rings. The maximum atomic E-state index is 11.6. The summed E-state index contributed by atoms with van der Waals surface area (Å²) in [6, 6.07) is 10.0. The van der Waals surface area contributed by atoms with Crippen LogP contribution in [0, 0.1) is 0 Å². The molecule has 1 heterocycles. The molecule has 0 saturated heterocycles. The fraction of sp³-hybridized carbons (Fsp3) is 0.154. The monoisotopic (exact) mass is 246 g/mol. The van der Waals surface area contributed by atoms with Crippen molar-refractivity contribution in [2.45, 2.75) is 6.10 Å². The minimum absolute atomic E-state index is 0.115. The second kappa shape index (κ2) is 5.37. The quantitative estimate of drug-likeness (QED) is 0.710. The zero-order valence-electron chi connectivity index (χ0n) is 9.67. The number of aliphatic hydroxyl groups is 1. The van der Waals surface area contributed by atoms with Gasteiger partial charge in [0.05, 0.1) is 12.4 Å². The maximum Gasteiger partial charge on any atom is 0.287 e. The molecule has 0 radical (unpaired) electrons. The second-order valence-corrected chi connectivity index (χ2v) is 3.87. The lowest BCUT2D eigenvalue weighted by Crippen LogP contribution is -2.28. The number of carbonyl (C=O) groups is 1. The molecular formula is C13H14N2O3. The fourth-order valence-electron chi connectivity index (χ4n) is 1.52. The van der Waals surface area contributed by atoms with E-state index in [1.54, 1.807) is 36.4 Å². The third-order valence-electron chi connectivity index (χ3n) is 2.52. The lowest BCUT2D eigenvalue weighted by molar-refractivity contribution is 0.0889. The van der Waals surface area contributed by atoms with Crippen molar-refractivity contribution in [3.05, 3.63) is 54.0 Å². The number of aliphatic hydroxyl groups excluding tert-OH is 1. The van der Waals surface area contributed by atoms with Crippen molar-refractivity contribution in [1.29, 1.82) is 0 Å². The van der Waals surface area contributed by atoms with Crippen molar-refractivity contribution in [1.82, 2.24) is 5.32 Å². The van der Waals surface area contributed by atoms with Gasteiger partial charge < -0.3 is 20.6 Å². The van der Waals surface area contributed by atoms with E-state index in [1.807, 2.05) is 0 Å². The Bertz CT molecular complexity index is 506. The van der Waals surface area contributed by atoms with Crippen molar-refractivity contribution >= 4 is 11.6 Å². The molecule has 0 spiro atoms. The molecule has 2 rings (SSSR count). The number of hydrogen-bond acceptors (Lipinski definition) is 4. The van der Waals surface area contributed by atoms with Crippen LogP contribution in [0.15, 0.2) is 47.1 Å². The molecule has 5 heteroatoms. The van der Waals surface area contributed by atoms with E-state index in [4.69, 9.17) is 10.2 Å². The highest BCUT2D eigenvalue weighted by Gasteiger charge is 2.12. The van der Waals surface area contributed by atoms with Gasteiger partial charge in [-0.05, 0) is 29.8 Å². The minimum atomic E-state index is -0.774. The molecule has 0 aliphatic heterocycles. The van der Waals surface area contributed by atoms with E-state index >= 15 is 0 Å². The van der Waals surface area contributed by atoms with Crippen molar-refractivity contribution in [2.75, 3.05) is 12.3 Å². The van der Waals surface area contributed by atoms with Crippen LogP contribution in [0.25, 0.3) is 0 Å². The Balaban J connectivity index is 1.90. The van der Waals surface area contributed by atoms with Gasteiger partial charge in [-0.15, -0.1) is 0 Å². The summed E-state index contributed by atoms with van der Waals surface area (Å²) in [6.07, 6.45) is 0.648. The highest BCUT2D eigenvalue weighted by atomic mass is 16.3. The van der Waals surface area contributed by atoms with E-state index in [0.29, 0.717) is 11.3 Å². The van der Waals surface area contributed by atoms with E-state index < -0.39 is 6.10 Å². The molecular weight excluding hydrogens is 232 g/mol. The number of nitrogens with one attached hydrogen (secondary N) is 1. The third-order valence-corrected chi connectivity index (χ3v) is 2.52. The van der Waals surface area contributed by atoms with Crippen molar-refractivity contribution in [3.63, 3.8) is 0 Å². The maximum absolute atomic E-state index is 11.6. The van der Waals surface area contributed by atoms with Crippen LogP contribution in [0.4, 0.5) is 5.69 Å². The molecule has 1 aromatic heterocycles. The molecule has 18 heavy (non-hydrogen) atoms. The standard InChI is InChI=1S/C13H14N2O3/c14-10-5-3-9(4-6-10)11(16)8-15-13(17)12-2-1-7-18-12/h1-7,11,16H,8,14H2,(H,15,17). The lowest BCUT2D eigenvalue weighted by atomic mass is 10.1. The summed E-state index contributed by atoms with van der Waals surface area (Å²) in [7, 11) is 0. The van der Waals surface area contributed by atoms with Crippen LogP contribution >= 0.6 is 0 Å². The molecule has 5 nitrogen and oxygen atoms in total. The summed E-state index contributed by atoms with van der Waals surface area (Å²) in [6.45, 7) is 0.115. The van der Waals surface area contributed by atoms with Gasteiger partial charge in [-0.3, -0.25) is 4.79 Å². The Morgan fingerprint density at radius 1 is 1.33 bits per heavy atom. The lowest BCUT2D eigenvalue weighted by Gasteiger charge is -2.11. The molecule has 1 unspecified atom stereocenters. The van der Waals surface area contributed by atoms with Crippen LogP contribution in [-0.4, -0.2) is 17.6 Å². The molecule has 0 fully saturated rings. The fourth-order valence-corrected chi connectivity index (χ4v) is 1.52. The molecule has 0 aliphatic rings. The van der Waals surface area contributed by atoms with Crippen molar-refractivity contribution in [3.8, 4) is 0 Å². The Labute approximate surface area is 104 Å². The number of amides is 1. The smallest absolute Gasteiger partial charge is 0.287 e. The summed E-state index contributed by atoms with van der Waals surface area (Å²) >= 11 is 0. The molecule has 4 N–H and O–H groups in total. The van der Waals surface area contributed by atoms with E-state index in [1.165, 1.54) is 6.26 Å². The molecule has 0 bridgehead atoms. The first kappa shape index (κ1) is 12.2. The normalized spacial score (nSPS) is 12.1. The van der Waals surface area contributed by atoms with Crippen LogP contribution in [0.3, 0.4) is 0 Å². The van der Waals surface area contributed by atoms with Crippen LogP contribution in [0.2, 0.25) is 0 Å². The minimum Gasteiger partial charge on any atom is -0.459 e. The topological polar surface area (TPSA) is 88.5 Å². The molecule has 0 aliphatic carbocycles. The number of nitrogen functional groups attached to an aromatic ring is 1. The highest BCUT2D eigenvalue weighted by Crippen LogP contribution is 2.14. The largest absolute Gasteiger partial charge is 0.459 e. The van der Waals surface area contributed by atoms with Crippen LogP contribution < -0.4 is 11.1 Å². The number of furan rings is 1. The SMILES string of the molecule is Nc1ccc(C(O)CNC(=O)c2ccco2)cc1. The third kappa shape index (κ3) is 2.89. The molecule has 94 valence electrons. The number of nitrogens with two attached hydrogens (primary N) is 1.